The van der Waals surface area contributed by atoms with E-state index in [9.17, 15) is 35.8 Å². The third-order valence-corrected chi connectivity index (χ3v) is 6.47. The normalized spacial score (nSPS) is 11.8. The topological polar surface area (TPSA) is 258 Å². The van der Waals surface area contributed by atoms with Gasteiger partial charge in [0.2, 0.25) is 0 Å². The second-order valence-corrected chi connectivity index (χ2v) is 10.6. The number of hydrogen-bond donors (Lipinski definition) is 8. The number of carboxylic acids is 1. The number of rotatable bonds is 8. The maximum atomic E-state index is 12.6. The zero-order chi connectivity index (χ0) is 27.0. The Kier molecular flexibility index (Phi) is 7.04. The van der Waals surface area contributed by atoms with Crippen LogP contribution in [0.25, 0.3) is 21.9 Å². The molecule has 0 amide bonds. The summed E-state index contributed by atoms with van der Waals surface area (Å²) in [5.41, 5.74) is 7.94. The van der Waals surface area contributed by atoms with Gasteiger partial charge < -0.3 is 21.9 Å². The van der Waals surface area contributed by atoms with E-state index in [2.05, 4.69) is 5.32 Å². The van der Waals surface area contributed by atoms with Crippen molar-refractivity contribution < 1.29 is 35.8 Å². The number of anilines is 1. The van der Waals surface area contributed by atoms with E-state index in [1.54, 1.807) is 36.4 Å². The van der Waals surface area contributed by atoms with Gasteiger partial charge in [0.25, 0.3) is 20.2 Å². The van der Waals surface area contributed by atoms with Crippen molar-refractivity contribution in [1.82, 2.24) is 0 Å². The van der Waals surface area contributed by atoms with Crippen LogP contribution in [0.4, 0.5) is 5.69 Å². The minimum absolute atomic E-state index is 0.150. The number of carboxylic acid groups (broad SMARTS) is 1. The minimum atomic E-state index is -4.91. The fourth-order valence-corrected chi connectivity index (χ4v) is 5.36. The van der Waals surface area contributed by atoms with Crippen molar-refractivity contribution >= 4 is 54.5 Å². The highest BCUT2D eigenvalue weighted by Gasteiger charge is 2.33. The van der Waals surface area contributed by atoms with Crippen molar-refractivity contribution in [1.29, 1.82) is 10.8 Å². The lowest BCUT2D eigenvalue weighted by Gasteiger charge is -2.25. The number of benzene rings is 3. The molecule has 10 N–H and O–H groups in total. The van der Waals surface area contributed by atoms with Gasteiger partial charge in [-0.3, -0.25) is 19.9 Å². The zero-order valence-corrected chi connectivity index (χ0v) is 19.9. The molecule has 0 aliphatic heterocycles. The Hall–Kier alpha value is -4.05. The van der Waals surface area contributed by atoms with Crippen LogP contribution in [0.3, 0.4) is 0 Å². The summed E-state index contributed by atoms with van der Waals surface area (Å²) in [4.78, 5) is 12.6. The van der Waals surface area contributed by atoms with E-state index >= 15 is 0 Å². The Labute approximate surface area is 205 Å². The summed E-state index contributed by atoms with van der Waals surface area (Å²) in [7, 11) is -9.81. The second kappa shape index (κ2) is 9.54. The van der Waals surface area contributed by atoms with Gasteiger partial charge in [0.15, 0.2) is 5.96 Å². The van der Waals surface area contributed by atoms with E-state index in [1.165, 1.54) is 6.07 Å². The van der Waals surface area contributed by atoms with Crippen LogP contribution in [-0.2, 0) is 31.7 Å². The molecule has 0 unspecified atom stereocenters. The van der Waals surface area contributed by atoms with Gasteiger partial charge in [-0.05, 0) is 16.3 Å². The summed E-state index contributed by atoms with van der Waals surface area (Å²) in [5, 5.41) is 29.2. The third kappa shape index (κ3) is 5.60. The molecule has 3 aromatic carbocycles. The van der Waals surface area contributed by atoms with Crippen molar-refractivity contribution in [2.24, 2.45) is 11.5 Å². The van der Waals surface area contributed by atoms with Gasteiger partial charge in [-0.2, -0.15) is 16.8 Å². The van der Waals surface area contributed by atoms with Gasteiger partial charge in [-0.25, -0.2) is 4.79 Å². The molecule has 0 bridgehead atoms. The largest absolute Gasteiger partial charge is 0.478 e. The zero-order valence-electron chi connectivity index (χ0n) is 18.3. The van der Waals surface area contributed by atoms with E-state index in [-0.39, 0.29) is 11.1 Å². The fraction of sp³-hybridized carbons (Fsp3) is 0.0952. The number of hydrogen-bond acceptors (Lipinski definition) is 7. The second-order valence-electron chi connectivity index (χ2n) is 7.69. The van der Waals surface area contributed by atoms with E-state index in [0.717, 1.165) is 0 Å². The van der Waals surface area contributed by atoms with E-state index in [0.29, 0.717) is 10.8 Å². The number of amidine groups is 1. The summed E-state index contributed by atoms with van der Waals surface area (Å²) in [5.74, 6) is -5.99. The molecule has 0 atom stereocenters. The van der Waals surface area contributed by atoms with Gasteiger partial charge in [0, 0.05) is 22.3 Å². The van der Waals surface area contributed by atoms with Crippen molar-refractivity contribution in [3.63, 3.8) is 0 Å². The molecule has 190 valence electrons. The molecule has 15 heteroatoms. The van der Waals surface area contributed by atoms with E-state index < -0.39 is 77.4 Å². The van der Waals surface area contributed by atoms with Gasteiger partial charge >= 0.3 is 5.97 Å². The molecule has 0 saturated carbocycles. The van der Waals surface area contributed by atoms with Crippen LogP contribution in [0.1, 0.15) is 27.0 Å². The lowest BCUT2D eigenvalue weighted by atomic mass is 9.84. The molecule has 3 rings (SSSR count). The van der Waals surface area contributed by atoms with Gasteiger partial charge in [0.1, 0.15) is 17.3 Å². The molecule has 13 nitrogen and oxygen atoms in total. The van der Waals surface area contributed by atoms with Crippen molar-refractivity contribution in [2.75, 3.05) is 5.32 Å². The quantitative estimate of drug-likeness (QED) is 0.117. The standard InChI is InChI=1S/C21H21N5O8S2/c22-19(23)16-14(9-36(32,33)34)18(26-21(24)25)13(8-35(29,30)31)15(17(16)20(27)28)12-7-3-5-10-4-1-2-6-11(10)12/h1-7H,8-9H2,(H3,22,23)(H,27,28)(H4,24,25,26)(H,29,30,31)(H,32,33,34). The summed E-state index contributed by atoms with van der Waals surface area (Å²) in [6, 6.07) is 11.4. The first-order chi connectivity index (χ1) is 16.6. The third-order valence-electron chi connectivity index (χ3n) is 5.16. The lowest BCUT2D eigenvalue weighted by molar-refractivity contribution is 0.0697. The summed E-state index contributed by atoms with van der Waals surface area (Å²) < 4.78 is 67.0. The molecule has 0 aliphatic rings. The van der Waals surface area contributed by atoms with Gasteiger partial charge in [-0.1, -0.05) is 42.5 Å². The average Bonchev–Trinajstić information content (AvgIpc) is 2.72. The number of carbonyl (C=O) groups is 1. The number of guanidine groups is 1. The number of nitrogen functional groups attached to an aromatic ring is 1. The number of nitrogens with one attached hydrogen (secondary N) is 3. The Morgan fingerprint density at radius 2 is 1.42 bits per heavy atom. The van der Waals surface area contributed by atoms with Gasteiger partial charge in [0.05, 0.1) is 11.3 Å². The SMILES string of the molecule is N=C(N)Nc1c(CS(=O)(=O)O)c(C(=N)N)c(C(=O)O)c(-c2cccc3ccccc23)c1CS(=O)(=O)O. The predicted molar refractivity (Wildman–Crippen MR) is 133 cm³/mol. The van der Waals surface area contributed by atoms with Crippen molar-refractivity contribution in [3.05, 3.63) is 64.7 Å². The highest BCUT2D eigenvalue weighted by molar-refractivity contribution is 7.85. The smallest absolute Gasteiger partial charge is 0.337 e. The first kappa shape index (κ1) is 26.6. The van der Waals surface area contributed by atoms with Crippen LogP contribution >= 0.6 is 0 Å². The number of nitrogens with two attached hydrogens (primary N) is 2. The molecular weight excluding hydrogens is 514 g/mol. The molecule has 0 radical (unpaired) electrons. The van der Waals surface area contributed by atoms with Crippen molar-refractivity contribution in [3.8, 4) is 11.1 Å². The molecule has 36 heavy (non-hydrogen) atoms. The van der Waals surface area contributed by atoms with E-state index in [4.69, 9.17) is 22.3 Å². The van der Waals surface area contributed by atoms with Crippen LogP contribution in [0.5, 0.6) is 0 Å². The minimum Gasteiger partial charge on any atom is -0.478 e. The number of fused-ring (bicyclic) bond motifs is 1. The Bertz CT molecular complexity index is 1650. The molecule has 0 aliphatic carbocycles. The molecule has 0 aromatic heterocycles. The van der Waals surface area contributed by atoms with Crippen LogP contribution in [-0.4, -0.2) is 48.8 Å². The van der Waals surface area contributed by atoms with E-state index in [1.807, 2.05) is 0 Å². The summed E-state index contributed by atoms with van der Waals surface area (Å²) in [6.45, 7) is 0. The molecule has 0 saturated heterocycles. The molecular formula is C21H21N5O8S2. The Morgan fingerprint density at radius 3 is 1.94 bits per heavy atom. The Morgan fingerprint density at radius 1 is 0.861 bits per heavy atom. The predicted octanol–water partition coefficient (Wildman–Crippen LogP) is 1.57. The first-order valence-electron chi connectivity index (χ1n) is 9.89. The highest BCUT2D eigenvalue weighted by atomic mass is 32.2. The monoisotopic (exact) mass is 535 g/mol. The lowest BCUT2D eigenvalue weighted by Crippen LogP contribution is -2.28. The maximum Gasteiger partial charge on any atom is 0.337 e. The number of aromatic carboxylic acids is 1. The summed E-state index contributed by atoms with van der Waals surface area (Å²) >= 11 is 0. The first-order valence-corrected chi connectivity index (χ1v) is 13.1. The summed E-state index contributed by atoms with van der Waals surface area (Å²) in [6.07, 6.45) is 0. The van der Waals surface area contributed by atoms with Crippen LogP contribution in [0.2, 0.25) is 0 Å². The van der Waals surface area contributed by atoms with Crippen LogP contribution in [0, 0.1) is 10.8 Å². The van der Waals surface area contributed by atoms with Gasteiger partial charge in [-0.15, -0.1) is 0 Å². The van der Waals surface area contributed by atoms with Crippen LogP contribution < -0.4 is 16.8 Å². The fourth-order valence-electron chi connectivity index (χ4n) is 4.05. The van der Waals surface area contributed by atoms with Crippen molar-refractivity contribution in [2.45, 2.75) is 11.5 Å². The molecule has 0 spiro atoms. The Balaban J connectivity index is 2.74. The highest BCUT2D eigenvalue weighted by Crippen LogP contribution is 2.43. The molecule has 0 fully saturated rings. The average molecular weight is 536 g/mol. The van der Waals surface area contributed by atoms with Crippen LogP contribution in [0.15, 0.2) is 42.5 Å². The molecule has 3 aromatic rings. The maximum absolute atomic E-state index is 12.6. The molecule has 0 heterocycles.